The van der Waals surface area contributed by atoms with Gasteiger partial charge in [-0.15, -0.1) is 11.3 Å². The Labute approximate surface area is 173 Å². The molecule has 1 amide bonds. The molecule has 3 aromatic carbocycles. The third-order valence-electron chi connectivity index (χ3n) is 4.44. The molecule has 0 unspecified atom stereocenters. The van der Waals surface area contributed by atoms with Crippen LogP contribution in [0.25, 0.3) is 21.8 Å². The van der Waals surface area contributed by atoms with E-state index in [2.05, 4.69) is 41.9 Å². The van der Waals surface area contributed by atoms with Gasteiger partial charge in [-0.05, 0) is 24.6 Å². The lowest BCUT2D eigenvalue weighted by atomic mass is 10.1. The topological polar surface area (TPSA) is 51.2 Å². The van der Waals surface area contributed by atoms with E-state index in [1.54, 1.807) is 23.5 Å². The van der Waals surface area contributed by atoms with Crippen molar-refractivity contribution in [3.63, 3.8) is 0 Å². The first kappa shape index (κ1) is 18.9. The molecule has 0 radical (unpaired) electrons. The number of rotatable bonds is 5. The Bertz CT molecular complexity index is 1090. The minimum absolute atomic E-state index is 0.401. The zero-order chi connectivity index (χ0) is 20.1. The van der Waals surface area contributed by atoms with E-state index in [1.165, 1.54) is 5.56 Å². The highest BCUT2D eigenvalue weighted by atomic mass is 32.1. The summed E-state index contributed by atoms with van der Waals surface area (Å²) in [6.07, 6.45) is -0.470. The molecule has 0 spiro atoms. The second-order valence-corrected chi connectivity index (χ2v) is 7.52. The standard InChI is InChI=1S/C24H20N2O2S/c1-17-7-11-19(12-8-17)22-16-29-23(26-22)20-13-9-18(10-14-20)15-25-24(27)28-21-5-3-2-4-6-21/h2-14,16H,15H2,1H3,(H,25,27). The Balaban J connectivity index is 1.37. The molecule has 0 saturated carbocycles. The summed E-state index contributed by atoms with van der Waals surface area (Å²) in [6, 6.07) is 25.4. The number of para-hydroxylation sites is 1. The van der Waals surface area contributed by atoms with Crippen molar-refractivity contribution >= 4 is 17.4 Å². The number of benzene rings is 3. The third kappa shape index (κ3) is 4.89. The molecule has 4 rings (SSSR count). The van der Waals surface area contributed by atoms with Crippen LogP contribution in [-0.2, 0) is 6.54 Å². The predicted molar refractivity (Wildman–Crippen MR) is 117 cm³/mol. The number of nitrogens with one attached hydrogen (secondary N) is 1. The van der Waals surface area contributed by atoms with Crippen LogP contribution in [0.4, 0.5) is 4.79 Å². The summed E-state index contributed by atoms with van der Waals surface area (Å²) in [5.74, 6) is 0.522. The fourth-order valence-corrected chi connectivity index (χ4v) is 3.67. The van der Waals surface area contributed by atoms with E-state index in [1.807, 2.05) is 42.5 Å². The maximum Gasteiger partial charge on any atom is 0.412 e. The molecule has 4 aromatic rings. The van der Waals surface area contributed by atoms with Crippen LogP contribution in [0.15, 0.2) is 84.2 Å². The summed E-state index contributed by atoms with van der Waals surface area (Å²) < 4.78 is 5.22. The van der Waals surface area contributed by atoms with Gasteiger partial charge in [0.05, 0.1) is 5.69 Å². The molecule has 29 heavy (non-hydrogen) atoms. The molecule has 0 fully saturated rings. The number of nitrogens with zero attached hydrogens (tertiary/aromatic N) is 1. The summed E-state index contributed by atoms with van der Waals surface area (Å²) in [6.45, 7) is 2.48. The molecule has 144 valence electrons. The van der Waals surface area contributed by atoms with Gasteiger partial charge in [0, 0.05) is 23.1 Å². The van der Waals surface area contributed by atoms with Crippen molar-refractivity contribution in [2.45, 2.75) is 13.5 Å². The number of aromatic nitrogens is 1. The van der Waals surface area contributed by atoms with Gasteiger partial charge in [-0.2, -0.15) is 0 Å². The van der Waals surface area contributed by atoms with Gasteiger partial charge in [0.25, 0.3) is 0 Å². The second kappa shape index (κ2) is 8.71. The zero-order valence-corrected chi connectivity index (χ0v) is 16.8. The van der Waals surface area contributed by atoms with Crippen LogP contribution in [0.1, 0.15) is 11.1 Å². The Morgan fingerprint density at radius 3 is 2.34 bits per heavy atom. The van der Waals surface area contributed by atoms with Crippen LogP contribution in [0, 0.1) is 6.92 Å². The fourth-order valence-electron chi connectivity index (χ4n) is 2.83. The molecule has 0 bridgehead atoms. The summed E-state index contributed by atoms with van der Waals surface area (Å²) in [5.41, 5.74) is 5.40. The molecular weight excluding hydrogens is 380 g/mol. The largest absolute Gasteiger partial charge is 0.412 e. The first-order valence-electron chi connectivity index (χ1n) is 9.30. The first-order valence-corrected chi connectivity index (χ1v) is 10.2. The minimum Gasteiger partial charge on any atom is -0.410 e. The van der Waals surface area contributed by atoms with Gasteiger partial charge >= 0.3 is 6.09 Å². The molecule has 5 heteroatoms. The lowest BCUT2D eigenvalue weighted by Gasteiger charge is -2.07. The average Bonchev–Trinajstić information content (AvgIpc) is 3.24. The zero-order valence-electron chi connectivity index (χ0n) is 16.0. The van der Waals surface area contributed by atoms with Crippen LogP contribution in [-0.4, -0.2) is 11.1 Å². The SMILES string of the molecule is Cc1ccc(-c2csc(-c3ccc(CNC(=O)Oc4ccccc4)cc3)n2)cc1. The number of thiazole rings is 1. The predicted octanol–water partition coefficient (Wildman–Crippen LogP) is 6.07. The van der Waals surface area contributed by atoms with E-state index in [-0.39, 0.29) is 0 Å². The van der Waals surface area contributed by atoms with Crippen LogP contribution >= 0.6 is 11.3 Å². The van der Waals surface area contributed by atoms with Crippen molar-refractivity contribution in [2.75, 3.05) is 0 Å². The van der Waals surface area contributed by atoms with Crippen molar-refractivity contribution in [3.05, 3.63) is 95.4 Å². The van der Waals surface area contributed by atoms with E-state index in [0.717, 1.165) is 27.4 Å². The van der Waals surface area contributed by atoms with Crippen molar-refractivity contribution < 1.29 is 9.53 Å². The second-order valence-electron chi connectivity index (χ2n) is 6.66. The molecule has 0 aliphatic heterocycles. The summed E-state index contributed by atoms with van der Waals surface area (Å²) >= 11 is 1.63. The quantitative estimate of drug-likeness (QED) is 0.442. The highest BCUT2D eigenvalue weighted by Gasteiger charge is 2.08. The Morgan fingerprint density at radius 1 is 0.931 bits per heavy atom. The van der Waals surface area contributed by atoms with Crippen molar-refractivity contribution in [2.24, 2.45) is 0 Å². The maximum absolute atomic E-state index is 11.9. The van der Waals surface area contributed by atoms with E-state index < -0.39 is 6.09 Å². The van der Waals surface area contributed by atoms with E-state index in [0.29, 0.717) is 12.3 Å². The molecule has 0 aliphatic carbocycles. The Kier molecular flexibility index (Phi) is 5.68. The van der Waals surface area contributed by atoms with Crippen LogP contribution in [0.5, 0.6) is 5.75 Å². The molecule has 4 nitrogen and oxygen atoms in total. The Hall–Kier alpha value is -3.44. The fraction of sp³-hybridized carbons (Fsp3) is 0.0833. The van der Waals surface area contributed by atoms with Gasteiger partial charge in [0.15, 0.2) is 0 Å². The minimum atomic E-state index is -0.470. The molecule has 0 aliphatic rings. The van der Waals surface area contributed by atoms with E-state index in [9.17, 15) is 4.79 Å². The summed E-state index contributed by atoms with van der Waals surface area (Å²) in [5, 5.41) is 5.82. The summed E-state index contributed by atoms with van der Waals surface area (Å²) in [4.78, 5) is 16.7. The Morgan fingerprint density at radius 2 is 1.62 bits per heavy atom. The number of hydrogen-bond acceptors (Lipinski definition) is 4. The van der Waals surface area contributed by atoms with Crippen molar-refractivity contribution in [1.82, 2.24) is 10.3 Å². The normalized spacial score (nSPS) is 10.5. The number of hydrogen-bond donors (Lipinski definition) is 1. The van der Waals surface area contributed by atoms with Gasteiger partial charge in [0.2, 0.25) is 0 Å². The van der Waals surface area contributed by atoms with E-state index >= 15 is 0 Å². The van der Waals surface area contributed by atoms with Gasteiger partial charge in [-0.3, -0.25) is 0 Å². The number of amides is 1. The highest BCUT2D eigenvalue weighted by Crippen LogP contribution is 2.29. The van der Waals surface area contributed by atoms with Crippen molar-refractivity contribution in [1.29, 1.82) is 0 Å². The highest BCUT2D eigenvalue weighted by molar-refractivity contribution is 7.13. The smallest absolute Gasteiger partial charge is 0.410 e. The van der Waals surface area contributed by atoms with Gasteiger partial charge in [-0.1, -0.05) is 72.3 Å². The molecule has 1 N–H and O–H groups in total. The van der Waals surface area contributed by atoms with Crippen LogP contribution in [0.3, 0.4) is 0 Å². The number of carbonyl (C=O) groups excluding carboxylic acids is 1. The van der Waals surface area contributed by atoms with Gasteiger partial charge in [-0.25, -0.2) is 9.78 Å². The van der Waals surface area contributed by atoms with Gasteiger partial charge < -0.3 is 10.1 Å². The van der Waals surface area contributed by atoms with Crippen LogP contribution < -0.4 is 10.1 Å². The summed E-state index contributed by atoms with van der Waals surface area (Å²) in [7, 11) is 0. The first-order chi connectivity index (χ1) is 14.2. The van der Waals surface area contributed by atoms with E-state index in [4.69, 9.17) is 9.72 Å². The monoisotopic (exact) mass is 400 g/mol. The van der Waals surface area contributed by atoms with Crippen LogP contribution in [0.2, 0.25) is 0 Å². The van der Waals surface area contributed by atoms with Crippen molar-refractivity contribution in [3.8, 4) is 27.6 Å². The molecule has 0 saturated heterocycles. The number of aryl methyl sites for hydroxylation is 1. The third-order valence-corrected chi connectivity index (χ3v) is 5.33. The number of ether oxygens (including phenoxy) is 1. The lowest BCUT2D eigenvalue weighted by Crippen LogP contribution is -2.26. The molecule has 1 heterocycles. The maximum atomic E-state index is 11.9. The molecule has 0 atom stereocenters. The molecule has 1 aromatic heterocycles. The average molecular weight is 401 g/mol. The van der Waals surface area contributed by atoms with Gasteiger partial charge in [0.1, 0.15) is 10.8 Å². The lowest BCUT2D eigenvalue weighted by molar-refractivity contribution is 0.200. The number of carbonyl (C=O) groups is 1. The molecular formula is C24H20N2O2S.